The van der Waals surface area contributed by atoms with E-state index in [1.54, 1.807) is 4.31 Å². The number of thiophene rings is 1. The number of halogens is 1. The number of rotatable bonds is 2. The van der Waals surface area contributed by atoms with Crippen molar-refractivity contribution in [1.82, 2.24) is 4.31 Å². The van der Waals surface area contributed by atoms with E-state index in [1.165, 1.54) is 11.3 Å². The molecule has 20 heavy (non-hydrogen) atoms. The van der Waals surface area contributed by atoms with Crippen molar-refractivity contribution in [2.24, 2.45) is 11.1 Å². The van der Waals surface area contributed by atoms with Gasteiger partial charge in [0.1, 0.15) is 4.21 Å². The maximum atomic E-state index is 12.7. The summed E-state index contributed by atoms with van der Waals surface area (Å²) in [6.45, 7) is 8.87. The molecule has 0 amide bonds. The van der Waals surface area contributed by atoms with Crippen molar-refractivity contribution in [3.05, 3.63) is 16.5 Å². The number of piperidine rings is 1. The van der Waals surface area contributed by atoms with Crippen LogP contribution in [0.5, 0.6) is 0 Å². The predicted octanol–water partition coefficient (Wildman–Crippen LogP) is 2.53. The minimum absolute atomic E-state index is 0. The van der Waals surface area contributed by atoms with E-state index in [-0.39, 0.29) is 23.9 Å². The molecule has 2 heterocycles. The maximum absolute atomic E-state index is 12.7. The van der Waals surface area contributed by atoms with Gasteiger partial charge >= 0.3 is 0 Å². The highest BCUT2D eigenvalue weighted by molar-refractivity contribution is 7.91. The summed E-state index contributed by atoms with van der Waals surface area (Å²) in [5, 5.41) is 0. The van der Waals surface area contributed by atoms with Gasteiger partial charge in [-0.15, -0.1) is 23.7 Å². The topological polar surface area (TPSA) is 63.4 Å². The molecule has 1 unspecified atom stereocenters. The Kier molecular flexibility index (Phi) is 5.31. The first-order valence-electron chi connectivity index (χ1n) is 6.47. The molecule has 1 aromatic heterocycles. The molecule has 1 saturated heterocycles. The molecule has 1 aromatic rings. The van der Waals surface area contributed by atoms with Gasteiger partial charge in [-0.3, -0.25) is 0 Å². The highest BCUT2D eigenvalue weighted by Crippen LogP contribution is 2.34. The molecule has 2 rings (SSSR count). The summed E-state index contributed by atoms with van der Waals surface area (Å²) < 4.78 is 27.5. The number of sulfonamides is 1. The summed E-state index contributed by atoms with van der Waals surface area (Å²) in [6.07, 6.45) is 0.718. The van der Waals surface area contributed by atoms with E-state index in [4.69, 9.17) is 5.73 Å². The van der Waals surface area contributed by atoms with Crippen LogP contribution >= 0.6 is 23.7 Å². The predicted molar refractivity (Wildman–Crippen MR) is 86.2 cm³/mol. The van der Waals surface area contributed by atoms with Crippen LogP contribution in [-0.2, 0) is 10.0 Å². The van der Waals surface area contributed by atoms with E-state index in [0.29, 0.717) is 17.3 Å². The van der Waals surface area contributed by atoms with E-state index in [2.05, 4.69) is 0 Å². The fraction of sp³-hybridized carbons (Fsp3) is 0.692. The molecule has 1 aliphatic heterocycles. The quantitative estimate of drug-likeness (QED) is 0.901. The largest absolute Gasteiger partial charge is 0.327 e. The number of nitrogens with two attached hydrogens (primary N) is 1. The number of hydrogen-bond acceptors (Lipinski definition) is 4. The number of aryl methyl sites for hydroxylation is 2. The third kappa shape index (κ3) is 3.20. The molecule has 2 N–H and O–H groups in total. The van der Waals surface area contributed by atoms with Crippen molar-refractivity contribution in [2.75, 3.05) is 13.1 Å². The van der Waals surface area contributed by atoms with Gasteiger partial charge in [-0.2, -0.15) is 4.31 Å². The minimum atomic E-state index is -3.37. The lowest BCUT2D eigenvalue weighted by Crippen LogP contribution is -2.53. The van der Waals surface area contributed by atoms with E-state index in [9.17, 15) is 8.42 Å². The SMILES string of the molecule is Cc1cc(C)c(S(=O)(=O)N2CCC(N)C(C)(C)C2)s1.Cl. The van der Waals surface area contributed by atoms with Crippen LogP contribution in [-0.4, -0.2) is 31.9 Å². The van der Waals surface area contributed by atoms with Gasteiger partial charge in [0.2, 0.25) is 0 Å². The van der Waals surface area contributed by atoms with E-state index in [0.717, 1.165) is 16.9 Å². The molecular formula is C13H23ClN2O2S2. The zero-order valence-electron chi connectivity index (χ0n) is 12.3. The van der Waals surface area contributed by atoms with Crippen molar-refractivity contribution >= 4 is 33.8 Å². The smallest absolute Gasteiger partial charge is 0.252 e. The Morgan fingerprint density at radius 3 is 2.45 bits per heavy atom. The van der Waals surface area contributed by atoms with Crippen LogP contribution in [0, 0.1) is 19.3 Å². The summed E-state index contributed by atoms with van der Waals surface area (Å²) in [6, 6.07) is 1.99. The lowest BCUT2D eigenvalue weighted by molar-refractivity contribution is 0.155. The van der Waals surface area contributed by atoms with E-state index in [1.807, 2.05) is 33.8 Å². The third-order valence-corrected chi connectivity index (χ3v) is 7.46. The Morgan fingerprint density at radius 1 is 1.40 bits per heavy atom. The standard InChI is InChI=1S/C13H22N2O2S2.ClH/c1-9-7-10(2)18-12(9)19(16,17)15-6-5-11(14)13(3,4)8-15;/h7,11H,5-6,8,14H2,1-4H3;1H. The molecule has 1 atom stereocenters. The Bertz CT molecular complexity index is 581. The number of hydrogen-bond donors (Lipinski definition) is 1. The molecular weight excluding hydrogens is 316 g/mol. The zero-order valence-corrected chi connectivity index (χ0v) is 14.8. The molecule has 7 heteroatoms. The number of nitrogens with zero attached hydrogens (tertiary/aromatic N) is 1. The Hall–Kier alpha value is -0.140. The molecule has 116 valence electrons. The second-order valence-electron chi connectivity index (χ2n) is 6.05. The Balaban J connectivity index is 0.00000200. The summed E-state index contributed by atoms with van der Waals surface area (Å²) in [5.74, 6) is 0. The second kappa shape index (κ2) is 5.93. The van der Waals surface area contributed by atoms with Crippen molar-refractivity contribution in [3.63, 3.8) is 0 Å². The summed E-state index contributed by atoms with van der Waals surface area (Å²) in [7, 11) is -3.37. The Morgan fingerprint density at radius 2 is 2.00 bits per heavy atom. The fourth-order valence-corrected chi connectivity index (χ4v) is 5.95. The molecule has 0 bridgehead atoms. The van der Waals surface area contributed by atoms with Crippen molar-refractivity contribution < 1.29 is 8.42 Å². The van der Waals surface area contributed by atoms with Crippen molar-refractivity contribution in [2.45, 2.75) is 44.4 Å². The molecule has 0 aliphatic carbocycles. The first-order chi connectivity index (χ1) is 8.64. The van der Waals surface area contributed by atoms with Gasteiger partial charge in [0.25, 0.3) is 10.0 Å². The van der Waals surface area contributed by atoms with Crippen LogP contribution in [0.4, 0.5) is 0 Å². The zero-order chi connectivity index (χ0) is 14.4. The monoisotopic (exact) mass is 338 g/mol. The molecule has 0 radical (unpaired) electrons. The van der Waals surface area contributed by atoms with Gasteiger partial charge < -0.3 is 5.73 Å². The molecule has 4 nitrogen and oxygen atoms in total. The summed E-state index contributed by atoms with van der Waals surface area (Å²) in [5.41, 5.74) is 6.74. The summed E-state index contributed by atoms with van der Waals surface area (Å²) in [4.78, 5) is 1.03. The summed E-state index contributed by atoms with van der Waals surface area (Å²) >= 11 is 1.36. The average Bonchev–Trinajstić information content (AvgIpc) is 2.62. The normalized spacial score (nSPS) is 23.4. The first kappa shape index (κ1) is 17.9. The fourth-order valence-electron chi connectivity index (χ4n) is 2.52. The third-order valence-electron chi connectivity index (χ3n) is 3.85. The minimum Gasteiger partial charge on any atom is -0.327 e. The van der Waals surface area contributed by atoms with Gasteiger partial charge in [-0.05, 0) is 37.3 Å². The van der Waals surface area contributed by atoms with Gasteiger partial charge in [0.15, 0.2) is 0 Å². The van der Waals surface area contributed by atoms with E-state index >= 15 is 0 Å². The van der Waals surface area contributed by atoms with Crippen molar-refractivity contribution in [1.29, 1.82) is 0 Å². The molecule has 0 spiro atoms. The van der Waals surface area contributed by atoms with Crippen LogP contribution in [0.1, 0.15) is 30.7 Å². The molecule has 1 aliphatic rings. The lowest BCUT2D eigenvalue weighted by atomic mass is 9.81. The van der Waals surface area contributed by atoms with E-state index < -0.39 is 10.0 Å². The van der Waals surface area contributed by atoms with Crippen LogP contribution < -0.4 is 5.73 Å². The highest BCUT2D eigenvalue weighted by Gasteiger charge is 2.39. The average molecular weight is 339 g/mol. The van der Waals surface area contributed by atoms with Crippen molar-refractivity contribution in [3.8, 4) is 0 Å². The van der Waals surface area contributed by atoms with Crippen LogP contribution in [0.15, 0.2) is 10.3 Å². The van der Waals surface area contributed by atoms with Crippen LogP contribution in [0.2, 0.25) is 0 Å². The molecule has 0 saturated carbocycles. The van der Waals surface area contributed by atoms with Crippen LogP contribution in [0.25, 0.3) is 0 Å². The second-order valence-corrected chi connectivity index (χ2v) is 9.44. The molecule has 1 fully saturated rings. The molecule has 0 aromatic carbocycles. The van der Waals surface area contributed by atoms with Crippen LogP contribution in [0.3, 0.4) is 0 Å². The van der Waals surface area contributed by atoms with Gasteiger partial charge in [-0.1, -0.05) is 13.8 Å². The van der Waals surface area contributed by atoms with Gasteiger partial charge in [0, 0.05) is 24.0 Å². The van der Waals surface area contributed by atoms with Gasteiger partial charge in [-0.25, -0.2) is 8.42 Å². The highest BCUT2D eigenvalue weighted by atomic mass is 35.5. The first-order valence-corrected chi connectivity index (χ1v) is 8.73. The maximum Gasteiger partial charge on any atom is 0.252 e. The lowest BCUT2D eigenvalue weighted by Gasteiger charge is -2.41. The van der Waals surface area contributed by atoms with Gasteiger partial charge in [0.05, 0.1) is 0 Å². The Labute approximate surface area is 131 Å².